The molecule has 0 amide bonds. The summed E-state index contributed by atoms with van der Waals surface area (Å²) in [6, 6.07) is -0.555. The normalized spacial score (nSPS) is 10.6. The summed E-state index contributed by atoms with van der Waals surface area (Å²) in [5.74, 6) is 0.180. The topological polar surface area (TPSA) is 91.2 Å². The molecule has 0 aromatic carbocycles. The summed E-state index contributed by atoms with van der Waals surface area (Å²) in [7, 11) is 0. The summed E-state index contributed by atoms with van der Waals surface area (Å²) >= 11 is 11.1. The van der Waals surface area contributed by atoms with Crippen LogP contribution in [0.15, 0.2) is 0 Å². The summed E-state index contributed by atoms with van der Waals surface area (Å²) in [5.41, 5.74) is 0. The first-order valence-electron chi connectivity index (χ1n) is 3.71. The van der Waals surface area contributed by atoms with Crippen LogP contribution in [0.5, 0.6) is 0 Å². The largest absolute Gasteiger partial charge is 0.394 e. The molecule has 0 saturated carbocycles. The van der Waals surface area contributed by atoms with Gasteiger partial charge in [-0.1, -0.05) is 11.6 Å². The Kier molecular flexibility index (Phi) is 4.27. The number of aromatic nitrogens is 3. The van der Waals surface area contributed by atoms with Crippen LogP contribution in [0.4, 0.5) is 5.82 Å². The van der Waals surface area contributed by atoms with E-state index in [-0.39, 0.29) is 29.5 Å². The Labute approximate surface area is 89.9 Å². The first-order valence-corrected chi connectivity index (χ1v) is 4.47. The Morgan fingerprint density at radius 1 is 1.21 bits per heavy atom. The molecule has 0 aliphatic rings. The number of rotatable bonds is 4. The van der Waals surface area contributed by atoms with E-state index >= 15 is 0 Å². The SMILES string of the molecule is OCC(CO)Nc1nc(Cl)nnc1Cl. The maximum Gasteiger partial charge on any atom is 0.245 e. The number of hydrogen-bond acceptors (Lipinski definition) is 6. The van der Waals surface area contributed by atoms with Crippen molar-refractivity contribution >= 4 is 29.0 Å². The molecule has 1 heterocycles. The van der Waals surface area contributed by atoms with Crippen molar-refractivity contribution in [2.24, 2.45) is 0 Å². The molecule has 0 fully saturated rings. The zero-order valence-corrected chi connectivity index (χ0v) is 8.50. The van der Waals surface area contributed by atoms with E-state index in [0.717, 1.165) is 0 Å². The van der Waals surface area contributed by atoms with Gasteiger partial charge in [-0.3, -0.25) is 0 Å². The zero-order chi connectivity index (χ0) is 10.6. The molecule has 0 aliphatic heterocycles. The molecule has 0 radical (unpaired) electrons. The molecule has 1 rings (SSSR count). The third-order valence-corrected chi connectivity index (χ3v) is 1.82. The van der Waals surface area contributed by atoms with Crippen LogP contribution in [0.2, 0.25) is 10.4 Å². The number of nitrogens with one attached hydrogen (secondary N) is 1. The minimum Gasteiger partial charge on any atom is -0.394 e. The zero-order valence-electron chi connectivity index (χ0n) is 6.98. The predicted octanol–water partition coefficient (Wildman–Crippen LogP) is -0.0565. The molecule has 1 aromatic rings. The van der Waals surface area contributed by atoms with E-state index in [9.17, 15) is 0 Å². The van der Waals surface area contributed by atoms with Gasteiger partial charge in [0.1, 0.15) is 0 Å². The monoisotopic (exact) mass is 238 g/mol. The minimum absolute atomic E-state index is 0.0290. The lowest BCUT2D eigenvalue weighted by molar-refractivity contribution is 0.203. The summed E-state index contributed by atoms with van der Waals surface area (Å²) in [5, 5.41) is 27.1. The molecule has 0 bridgehead atoms. The summed E-state index contributed by atoms with van der Waals surface area (Å²) in [6.07, 6.45) is 0. The average Bonchev–Trinajstić information content (AvgIpc) is 2.19. The van der Waals surface area contributed by atoms with Gasteiger partial charge in [0, 0.05) is 0 Å². The lowest BCUT2D eigenvalue weighted by Crippen LogP contribution is -2.28. The van der Waals surface area contributed by atoms with E-state index in [1.54, 1.807) is 0 Å². The Balaban J connectivity index is 2.79. The molecule has 14 heavy (non-hydrogen) atoms. The molecule has 78 valence electrons. The van der Waals surface area contributed by atoms with Crippen LogP contribution in [0.25, 0.3) is 0 Å². The highest BCUT2D eigenvalue weighted by molar-refractivity contribution is 6.32. The van der Waals surface area contributed by atoms with Gasteiger partial charge >= 0.3 is 0 Å². The second-order valence-electron chi connectivity index (χ2n) is 2.43. The van der Waals surface area contributed by atoms with Gasteiger partial charge in [-0.25, -0.2) is 0 Å². The van der Waals surface area contributed by atoms with Crippen molar-refractivity contribution in [2.45, 2.75) is 6.04 Å². The van der Waals surface area contributed by atoms with Gasteiger partial charge < -0.3 is 15.5 Å². The van der Waals surface area contributed by atoms with Crippen LogP contribution < -0.4 is 5.32 Å². The first kappa shape index (κ1) is 11.4. The van der Waals surface area contributed by atoms with Crippen LogP contribution >= 0.6 is 23.2 Å². The molecule has 0 saturated heterocycles. The number of anilines is 1. The molecular formula is C6H8Cl2N4O2. The van der Waals surface area contributed by atoms with Crippen molar-refractivity contribution < 1.29 is 10.2 Å². The van der Waals surface area contributed by atoms with Gasteiger partial charge in [-0.05, 0) is 11.6 Å². The van der Waals surface area contributed by atoms with Gasteiger partial charge in [0.25, 0.3) is 0 Å². The van der Waals surface area contributed by atoms with Crippen LogP contribution in [-0.4, -0.2) is 44.7 Å². The fraction of sp³-hybridized carbons (Fsp3) is 0.500. The molecule has 8 heteroatoms. The lowest BCUT2D eigenvalue weighted by Gasteiger charge is -2.13. The quantitative estimate of drug-likeness (QED) is 0.682. The maximum atomic E-state index is 8.79. The lowest BCUT2D eigenvalue weighted by atomic mass is 10.3. The van der Waals surface area contributed by atoms with Gasteiger partial charge in [0.15, 0.2) is 11.0 Å². The molecule has 3 N–H and O–H groups in total. The average molecular weight is 239 g/mol. The van der Waals surface area contributed by atoms with Crippen molar-refractivity contribution in [1.82, 2.24) is 15.2 Å². The summed E-state index contributed by atoms with van der Waals surface area (Å²) < 4.78 is 0. The maximum absolute atomic E-state index is 8.79. The Morgan fingerprint density at radius 2 is 1.86 bits per heavy atom. The van der Waals surface area contributed by atoms with Crippen LogP contribution in [0, 0.1) is 0 Å². The predicted molar refractivity (Wildman–Crippen MR) is 51.4 cm³/mol. The van der Waals surface area contributed by atoms with E-state index in [0.29, 0.717) is 0 Å². The van der Waals surface area contributed by atoms with E-state index in [2.05, 4.69) is 20.5 Å². The first-order chi connectivity index (χ1) is 6.67. The van der Waals surface area contributed by atoms with E-state index in [1.807, 2.05) is 0 Å². The number of aliphatic hydroxyl groups excluding tert-OH is 2. The molecular weight excluding hydrogens is 231 g/mol. The van der Waals surface area contributed by atoms with Crippen molar-refractivity contribution in [2.75, 3.05) is 18.5 Å². The van der Waals surface area contributed by atoms with Crippen LogP contribution in [-0.2, 0) is 0 Å². The number of hydrogen-bond donors (Lipinski definition) is 3. The van der Waals surface area contributed by atoms with Crippen molar-refractivity contribution in [1.29, 1.82) is 0 Å². The highest BCUT2D eigenvalue weighted by Gasteiger charge is 2.11. The van der Waals surface area contributed by atoms with Crippen molar-refractivity contribution in [3.8, 4) is 0 Å². The Morgan fingerprint density at radius 3 is 2.43 bits per heavy atom. The summed E-state index contributed by atoms with van der Waals surface area (Å²) in [4.78, 5) is 3.73. The van der Waals surface area contributed by atoms with Gasteiger partial charge in [0.2, 0.25) is 5.28 Å². The van der Waals surface area contributed by atoms with E-state index in [1.165, 1.54) is 0 Å². The fourth-order valence-electron chi connectivity index (χ4n) is 0.727. The third-order valence-electron chi connectivity index (χ3n) is 1.40. The molecule has 0 unspecified atom stereocenters. The molecule has 6 nitrogen and oxygen atoms in total. The number of aliphatic hydroxyl groups is 2. The van der Waals surface area contributed by atoms with Gasteiger partial charge in [-0.15, -0.1) is 10.2 Å². The minimum atomic E-state index is -0.555. The smallest absolute Gasteiger partial charge is 0.245 e. The number of nitrogens with zero attached hydrogens (tertiary/aromatic N) is 3. The number of halogens is 2. The van der Waals surface area contributed by atoms with E-state index in [4.69, 9.17) is 33.4 Å². The second-order valence-corrected chi connectivity index (χ2v) is 3.12. The summed E-state index contributed by atoms with van der Waals surface area (Å²) in [6.45, 7) is -0.511. The fourth-order valence-corrected chi connectivity index (χ4v) is 0.984. The molecule has 0 aliphatic carbocycles. The van der Waals surface area contributed by atoms with E-state index < -0.39 is 6.04 Å². The molecule has 0 atom stereocenters. The third kappa shape index (κ3) is 2.91. The Bertz CT molecular complexity index is 308. The van der Waals surface area contributed by atoms with Gasteiger partial charge in [0.05, 0.1) is 19.3 Å². The van der Waals surface area contributed by atoms with Crippen molar-refractivity contribution in [3.05, 3.63) is 10.4 Å². The van der Waals surface area contributed by atoms with Crippen molar-refractivity contribution in [3.63, 3.8) is 0 Å². The molecule has 1 aromatic heterocycles. The highest BCUT2D eigenvalue weighted by Crippen LogP contribution is 2.17. The standard InChI is InChI=1S/C6H8Cl2N4O2/c7-4-5(9-3(1-13)2-14)10-6(8)12-11-4/h3,13-14H,1-2H2,(H,9,10,12). The Hall–Kier alpha value is -0.690. The van der Waals surface area contributed by atoms with Crippen LogP contribution in [0.3, 0.4) is 0 Å². The highest BCUT2D eigenvalue weighted by atomic mass is 35.5. The van der Waals surface area contributed by atoms with Crippen LogP contribution in [0.1, 0.15) is 0 Å². The van der Waals surface area contributed by atoms with Gasteiger partial charge in [-0.2, -0.15) is 4.98 Å². The second kappa shape index (κ2) is 5.26. The molecule has 0 spiro atoms.